The predicted octanol–water partition coefficient (Wildman–Crippen LogP) is 6.03. The van der Waals surface area contributed by atoms with E-state index in [2.05, 4.69) is 16.0 Å². The van der Waals surface area contributed by atoms with Gasteiger partial charge in [0.15, 0.2) is 5.11 Å². The van der Waals surface area contributed by atoms with Gasteiger partial charge in [-0.3, -0.25) is 14.9 Å². The Hall–Kier alpha value is -2.64. The fourth-order valence-electron chi connectivity index (χ4n) is 2.53. The number of halogens is 3. The normalized spacial score (nSPS) is 10.2. The minimum atomic E-state index is -0.466. The zero-order valence-electron chi connectivity index (χ0n) is 15.2. The van der Waals surface area contributed by atoms with Crippen molar-refractivity contribution in [1.82, 2.24) is 5.32 Å². The van der Waals surface area contributed by atoms with Gasteiger partial charge in [0.25, 0.3) is 11.8 Å². The molecule has 0 aliphatic rings. The molecule has 3 rings (SSSR count). The standard InChI is InChI=1S/C21H14Cl3N3O2S/c22-14-4-2-6-18(11-14)25-19(28)12-3-1-5-17(9-12)26-21(30)27-20(29)13-7-15(23)10-16(24)8-13/h1-11H,(H,25,28)(H2,26,27,29,30). The first-order chi connectivity index (χ1) is 14.3. The third-order valence-electron chi connectivity index (χ3n) is 3.82. The van der Waals surface area contributed by atoms with Crippen LogP contribution in [0, 0.1) is 0 Å². The van der Waals surface area contributed by atoms with Crippen molar-refractivity contribution in [2.24, 2.45) is 0 Å². The number of nitrogens with one attached hydrogen (secondary N) is 3. The maximum atomic E-state index is 12.5. The lowest BCUT2D eigenvalue weighted by atomic mass is 10.2. The highest BCUT2D eigenvalue weighted by molar-refractivity contribution is 7.80. The molecule has 0 saturated heterocycles. The van der Waals surface area contributed by atoms with Crippen LogP contribution in [-0.2, 0) is 0 Å². The summed E-state index contributed by atoms with van der Waals surface area (Å²) < 4.78 is 0. The number of thiocarbonyl (C=S) groups is 1. The van der Waals surface area contributed by atoms with Crippen LogP contribution in [-0.4, -0.2) is 16.9 Å². The van der Waals surface area contributed by atoms with Crippen LogP contribution >= 0.6 is 47.0 Å². The summed E-state index contributed by atoms with van der Waals surface area (Å²) in [5.74, 6) is -0.781. The lowest BCUT2D eigenvalue weighted by molar-refractivity contribution is 0.0976. The van der Waals surface area contributed by atoms with Crippen molar-refractivity contribution >= 4 is 75.3 Å². The Bertz CT molecular complexity index is 1120. The third kappa shape index (κ3) is 6.18. The van der Waals surface area contributed by atoms with E-state index in [1.54, 1.807) is 48.5 Å². The van der Waals surface area contributed by atoms with Crippen LogP contribution in [0.3, 0.4) is 0 Å². The van der Waals surface area contributed by atoms with Crippen LogP contribution in [0.25, 0.3) is 0 Å². The highest BCUT2D eigenvalue weighted by Crippen LogP contribution is 2.19. The SMILES string of the molecule is O=C(NC(=S)Nc1cccc(C(=O)Nc2cccc(Cl)c2)c1)c1cc(Cl)cc(Cl)c1. The molecule has 0 bridgehead atoms. The fraction of sp³-hybridized carbons (Fsp3) is 0. The summed E-state index contributed by atoms with van der Waals surface area (Å²) >= 11 is 22.9. The minimum absolute atomic E-state index is 0.0588. The maximum absolute atomic E-state index is 12.5. The Balaban J connectivity index is 1.64. The largest absolute Gasteiger partial charge is 0.332 e. The molecule has 0 fully saturated rings. The van der Waals surface area contributed by atoms with Gasteiger partial charge in [0.05, 0.1) is 0 Å². The molecule has 0 atom stereocenters. The fourth-order valence-corrected chi connectivity index (χ4v) is 3.46. The highest BCUT2D eigenvalue weighted by Gasteiger charge is 2.11. The third-order valence-corrected chi connectivity index (χ3v) is 4.69. The van der Waals surface area contributed by atoms with Gasteiger partial charge >= 0.3 is 0 Å². The van der Waals surface area contributed by atoms with Gasteiger partial charge in [-0.25, -0.2) is 0 Å². The minimum Gasteiger partial charge on any atom is -0.332 e. The lowest BCUT2D eigenvalue weighted by Gasteiger charge is -2.11. The van der Waals surface area contributed by atoms with E-state index in [9.17, 15) is 9.59 Å². The summed E-state index contributed by atoms with van der Waals surface area (Å²) in [6.07, 6.45) is 0. The second-order valence-electron chi connectivity index (χ2n) is 6.11. The number of anilines is 2. The molecule has 0 aliphatic heterocycles. The van der Waals surface area contributed by atoms with Crippen LogP contribution < -0.4 is 16.0 Å². The van der Waals surface area contributed by atoms with Gasteiger partial charge in [0.1, 0.15) is 0 Å². The van der Waals surface area contributed by atoms with Crippen LogP contribution in [0.5, 0.6) is 0 Å². The average Bonchev–Trinajstić information content (AvgIpc) is 2.67. The van der Waals surface area contributed by atoms with Crippen LogP contribution in [0.4, 0.5) is 11.4 Å². The predicted molar refractivity (Wildman–Crippen MR) is 126 cm³/mol. The Morgan fingerprint density at radius 2 is 1.30 bits per heavy atom. The van der Waals surface area contributed by atoms with E-state index in [-0.39, 0.29) is 16.6 Å². The number of rotatable bonds is 4. The Morgan fingerprint density at radius 3 is 1.97 bits per heavy atom. The topological polar surface area (TPSA) is 70.2 Å². The van der Waals surface area contributed by atoms with Crippen LogP contribution in [0.15, 0.2) is 66.7 Å². The number of hydrogen-bond donors (Lipinski definition) is 3. The molecule has 3 aromatic carbocycles. The molecule has 0 radical (unpaired) electrons. The summed E-state index contributed by atoms with van der Waals surface area (Å²) in [4.78, 5) is 24.8. The molecule has 3 N–H and O–H groups in total. The average molecular weight is 479 g/mol. The van der Waals surface area contributed by atoms with E-state index < -0.39 is 5.91 Å². The Labute approximate surface area is 193 Å². The summed E-state index contributed by atoms with van der Waals surface area (Å²) in [7, 11) is 0. The maximum Gasteiger partial charge on any atom is 0.257 e. The van der Waals surface area contributed by atoms with Gasteiger partial charge in [0, 0.05) is 37.6 Å². The van der Waals surface area contributed by atoms with Crippen molar-refractivity contribution in [3.8, 4) is 0 Å². The molecule has 152 valence electrons. The molecule has 3 aromatic rings. The molecule has 0 unspecified atom stereocenters. The summed E-state index contributed by atoms with van der Waals surface area (Å²) in [5.41, 5.74) is 1.78. The number of benzene rings is 3. The quantitative estimate of drug-likeness (QED) is 0.401. The van der Waals surface area contributed by atoms with Crippen molar-refractivity contribution in [3.05, 3.63) is 92.9 Å². The monoisotopic (exact) mass is 477 g/mol. The molecule has 30 heavy (non-hydrogen) atoms. The summed E-state index contributed by atoms with van der Waals surface area (Å²) in [5, 5.41) is 9.43. The first-order valence-corrected chi connectivity index (χ1v) is 10.1. The van der Waals surface area contributed by atoms with Gasteiger partial charge < -0.3 is 10.6 Å². The second-order valence-corrected chi connectivity index (χ2v) is 7.83. The number of amides is 2. The van der Waals surface area contributed by atoms with Crippen molar-refractivity contribution in [2.45, 2.75) is 0 Å². The van der Waals surface area contributed by atoms with Crippen molar-refractivity contribution < 1.29 is 9.59 Å². The summed E-state index contributed by atoms with van der Waals surface area (Å²) in [6.45, 7) is 0. The van der Waals surface area contributed by atoms with E-state index in [4.69, 9.17) is 47.0 Å². The van der Waals surface area contributed by atoms with Crippen LogP contribution in [0.1, 0.15) is 20.7 Å². The molecule has 0 heterocycles. The van der Waals surface area contributed by atoms with E-state index in [0.717, 1.165) is 0 Å². The second kappa shape index (κ2) is 9.91. The summed E-state index contributed by atoms with van der Waals surface area (Å²) in [6, 6.07) is 18.0. The van der Waals surface area contributed by atoms with Crippen LogP contribution in [0.2, 0.25) is 15.1 Å². The van der Waals surface area contributed by atoms with E-state index in [1.807, 2.05) is 0 Å². The zero-order chi connectivity index (χ0) is 21.7. The number of carbonyl (C=O) groups excluding carboxylic acids is 2. The first-order valence-electron chi connectivity index (χ1n) is 8.55. The smallest absolute Gasteiger partial charge is 0.257 e. The molecule has 0 aromatic heterocycles. The van der Waals surface area contributed by atoms with Gasteiger partial charge in [-0.05, 0) is 66.8 Å². The molecule has 9 heteroatoms. The molecule has 0 spiro atoms. The molecule has 0 aliphatic carbocycles. The zero-order valence-corrected chi connectivity index (χ0v) is 18.3. The van der Waals surface area contributed by atoms with E-state index >= 15 is 0 Å². The molecule has 5 nitrogen and oxygen atoms in total. The van der Waals surface area contributed by atoms with E-state index in [0.29, 0.717) is 32.0 Å². The van der Waals surface area contributed by atoms with Gasteiger partial charge in [-0.1, -0.05) is 46.9 Å². The van der Waals surface area contributed by atoms with Crippen molar-refractivity contribution in [2.75, 3.05) is 10.6 Å². The number of hydrogen-bond acceptors (Lipinski definition) is 3. The van der Waals surface area contributed by atoms with Gasteiger partial charge in [-0.15, -0.1) is 0 Å². The highest BCUT2D eigenvalue weighted by atomic mass is 35.5. The Kier molecular flexibility index (Phi) is 7.29. The van der Waals surface area contributed by atoms with Gasteiger partial charge in [0.2, 0.25) is 0 Å². The van der Waals surface area contributed by atoms with Gasteiger partial charge in [-0.2, -0.15) is 0 Å². The lowest BCUT2D eigenvalue weighted by Crippen LogP contribution is -2.34. The van der Waals surface area contributed by atoms with Crippen molar-refractivity contribution in [1.29, 1.82) is 0 Å². The molecular weight excluding hydrogens is 465 g/mol. The molecule has 0 saturated carbocycles. The molecule has 2 amide bonds. The van der Waals surface area contributed by atoms with E-state index in [1.165, 1.54) is 18.2 Å². The molecular formula is C21H14Cl3N3O2S. The first kappa shape index (κ1) is 22.1. The Morgan fingerprint density at radius 1 is 0.667 bits per heavy atom. The van der Waals surface area contributed by atoms with Crippen molar-refractivity contribution in [3.63, 3.8) is 0 Å². The number of carbonyl (C=O) groups is 2.